The maximum Gasteiger partial charge on any atom is 0.328 e. The fourth-order valence-electron chi connectivity index (χ4n) is 1.86. The lowest BCUT2D eigenvalue weighted by Gasteiger charge is -2.01. The molecular formula is C16H14O2. The van der Waals surface area contributed by atoms with Gasteiger partial charge in [0.1, 0.15) is 0 Å². The van der Waals surface area contributed by atoms with E-state index in [1.165, 1.54) is 16.8 Å². The summed E-state index contributed by atoms with van der Waals surface area (Å²) in [5.41, 5.74) is 1.81. The van der Waals surface area contributed by atoms with Gasteiger partial charge in [-0.05, 0) is 28.8 Å². The molecule has 0 heterocycles. The van der Waals surface area contributed by atoms with Crippen molar-refractivity contribution < 1.29 is 9.90 Å². The topological polar surface area (TPSA) is 37.3 Å². The number of hydrogen-bond acceptors (Lipinski definition) is 1. The van der Waals surface area contributed by atoms with Gasteiger partial charge in [0.25, 0.3) is 0 Å². The Morgan fingerprint density at radius 3 is 2.61 bits per heavy atom. The minimum atomic E-state index is -0.921. The Morgan fingerprint density at radius 2 is 1.83 bits per heavy atom. The second-order valence-electron chi connectivity index (χ2n) is 4.13. The summed E-state index contributed by atoms with van der Waals surface area (Å²) in [6.07, 6.45) is 4.95. The number of fused-ring (bicyclic) bond motifs is 1. The fourth-order valence-corrected chi connectivity index (χ4v) is 1.86. The summed E-state index contributed by atoms with van der Waals surface area (Å²) in [6.45, 7) is 1.77. The van der Waals surface area contributed by atoms with Gasteiger partial charge in [0, 0.05) is 6.08 Å². The minimum Gasteiger partial charge on any atom is -0.478 e. The van der Waals surface area contributed by atoms with Crippen LogP contribution < -0.4 is 0 Å². The van der Waals surface area contributed by atoms with Gasteiger partial charge in [0.2, 0.25) is 0 Å². The first-order valence-corrected chi connectivity index (χ1v) is 5.74. The zero-order valence-corrected chi connectivity index (χ0v) is 10.1. The van der Waals surface area contributed by atoms with Gasteiger partial charge in [-0.25, -0.2) is 4.79 Å². The van der Waals surface area contributed by atoms with Crippen molar-refractivity contribution >= 4 is 22.8 Å². The standard InChI is InChI=1S/C16H14O2/c1-12(11-16(17)18)9-10-14-7-4-6-13-5-2-3-8-15(13)14/h2-11H,1H3,(H,17,18). The lowest BCUT2D eigenvalue weighted by Crippen LogP contribution is -1.87. The molecule has 0 aromatic heterocycles. The highest BCUT2D eigenvalue weighted by Gasteiger charge is 1.96. The Labute approximate surface area is 106 Å². The molecule has 0 spiro atoms. The first kappa shape index (κ1) is 12.1. The van der Waals surface area contributed by atoms with Crippen molar-refractivity contribution in [1.29, 1.82) is 0 Å². The van der Waals surface area contributed by atoms with Crippen LogP contribution >= 0.6 is 0 Å². The highest BCUT2D eigenvalue weighted by atomic mass is 16.4. The van der Waals surface area contributed by atoms with E-state index in [1.54, 1.807) is 6.92 Å². The van der Waals surface area contributed by atoms with Crippen LogP contribution in [0.15, 0.2) is 60.2 Å². The first-order valence-electron chi connectivity index (χ1n) is 5.74. The summed E-state index contributed by atoms with van der Waals surface area (Å²) < 4.78 is 0. The number of carboxylic acids is 1. The summed E-state index contributed by atoms with van der Waals surface area (Å²) in [5, 5.41) is 11.0. The third kappa shape index (κ3) is 2.86. The van der Waals surface area contributed by atoms with E-state index in [-0.39, 0.29) is 0 Å². The van der Waals surface area contributed by atoms with Crippen LogP contribution in [0.5, 0.6) is 0 Å². The smallest absolute Gasteiger partial charge is 0.328 e. The Morgan fingerprint density at radius 1 is 1.11 bits per heavy atom. The van der Waals surface area contributed by atoms with Gasteiger partial charge < -0.3 is 5.11 Å². The summed E-state index contributed by atoms with van der Waals surface area (Å²) in [7, 11) is 0. The molecule has 0 radical (unpaired) electrons. The number of carbonyl (C=O) groups is 1. The molecule has 0 saturated heterocycles. The Bertz CT molecular complexity index is 631. The zero-order chi connectivity index (χ0) is 13.0. The van der Waals surface area contributed by atoms with Crippen LogP contribution in [-0.4, -0.2) is 11.1 Å². The normalized spacial score (nSPS) is 12.2. The maximum absolute atomic E-state index is 10.5. The Kier molecular flexibility index (Phi) is 3.58. The minimum absolute atomic E-state index is 0.718. The lowest BCUT2D eigenvalue weighted by molar-refractivity contribution is -0.131. The van der Waals surface area contributed by atoms with E-state index in [1.807, 2.05) is 36.4 Å². The molecule has 2 aromatic carbocycles. The molecule has 0 amide bonds. The number of aliphatic carboxylic acids is 1. The van der Waals surface area contributed by atoms with E-state index in [0.29, 0.717) is 0 Å². The lowest BCUT2D eigenvalue weighted by atomic mass is 10.0. The Balaban J connectivity index is 2.38. The summed E-state index contributed by atoms with van der Waals surface area (Å²) in [5.74, 6) is -0.921. The van der Waals surface area contributed by atoms with Crippen molar-refractivity contribution in [3.05, 3.63) is 65.8 Å². The number of hydrogen-bond donors (Lipinski definition) is 1. The van der Waals surface area contributed by atoms with Crippen LogP contribution in [-0.2, 0) is 4.79 Å². The summed E-state index contributed by atoms with van der Waals surface area (Å²) in [4.78, 5) is 10.5. The Hall–Kier alpha value is -2.35. The number of carboxylic acid groups (broad SMARTS) is 1. The van der Waals surface area contributed by atoms with E-state index < -0.39 is 5.97 Å². The molecule has 2 rings (SSSR count). The first-order chi connectivity index (χ1) is 8.66. The van der Waals surface area contributed by atoms with E-state index in [0.717, 1.165) is 11.1 Å². The fraction of sp³-hybridized carbons (Fsp3) is 0.0625. The van der Waals surface area contributed by atoms with Crippen LogP contribution in [0.2, 0.25) is 0 Å². The molecule has 2 aromatic rings. The van der Waals surface area contributed by atoms with Gasteiger partial charge in [-0.2, -0.15) is 0 Å². The zero-order valence-electron chi connectivity index (χ0n) is 10.1. The van der Waals surface area contributed by atoms with Gasteiger partial charge in [-0.15, -0.1) is 0 Å². The average molecular weight is 238 g/mol. The predicted octanol–water partition coefficient (Wildman–Crippen LogP) is 3.88. The molecule has 0 fully saturated rings. The van der Waals surface area contributed by atoms with Crippen molar-refractivity contribution in [2.45, 2.75) is 6.92 Å². The maximum atomic E-state index is 10.5. The van der Waals surface area contributed by atoms with Crippen molar-refractivity contribution in [2.75, 3.05) is 0 Å². The van der Waals surface area contributed by atoms with Gasteiger partial charge in [-0.3, -0.25) is 0 Å². The third-order valence-electron chi connectivity index (χ3n) is 2.70. The predicted molar refractivity (Wildman–Crippen MR) is 74.4 cm³/mol. The SMILES string of the molecule is CC(C=Cc1cccc2ccccc12)=CC(=O)O. The van der Waals surface area contributed by atoms with E-state index in [4.69, 9.17) is 5.11 Å². The molecule has 90 valence electrons. The molecule has 0 atom stereocenters. The van der Waals surface area contributed by atoms with E-state index in [2.05, 4.69) is 18.2 Å². The van der Waals surface area contributed by atoms with Gasteiger partial charge in [0.15, 0.2) is 0 Å². The van der Waals surface area contributed by atoms with Crippen molar-refractivity contribution in [1.82, 2.24) is 0 Å². The molecule has 18 heavy (non-hydrogen) atoms. The summed E-state index contributed by atoms with van der Waals surface area (Å²) >= 11 is 0. The second-order valence-corrected chi connectivity index (χ2v) is 4.13. The molecule has 0 aliphatic heterocycles. The molecular weight excluding hydrogens is 224 g/mol. The van der Waals surface area contributed by atoms with Crippen LogP contribution in [0, 0.1) is 0 Å². The molecule has 2 nitrogen and oxygen atoms in total. The highest BCUT2D eigenvalue weighted by molar-refractivity contribution is 5.91. The molecule has 0 aliphatic rings. The monoisotopic (exact) mass is 238 g/mol. The van der Waals surface area contributed by atoms with Crippen LogP contribution in [0.25, 0.3) is 16.8 Å². The van der Waals surface area contributed by atoms with Crippen molar-refractivity contribution in [3.8, 4) is 0 Å². The second kappa shape index (κ2) is 5.32. The van der Waals surface area contributed by atoms with Crippen LogP contribution in [0.4, 0.5) is 0 Å². The molecule has 0 saturated carbocycles. The van der Waals surface area contributed by atoms with Gasteiger partial charge in [-0.1, -0.05) is 54.6 Å². The number of allylic oxidation sites excluding steroid dienone is 2. The molecule has 1 N–H and O–H groups in total. The molecule has 0 unspecified atom stereocenters. The average Bonchev–Trinajstić information content (AvgIpc) is 2.35. The molecule has 0 bridgehead atoms. The van der Waals surface area contributed by atoms with Crippen molar-refractivity contribution in [2.24, 2.45) is 0 Å². The van der Waals surface area contributed by atoms with E-state index in [9.17, 15) is 4.79 Å². The quantitative estimate of drug-likeness (QED) is 0.650. The van der Waals surface area contributed by atoms with Crippen molar-refractivity contribution in [3.63, 3.8) is 0 Å². The summed E-state index contributed by atoms with van der Waals surface area (Å²) in [6, 6.07) is 14.2. The van der Waals surface area contributed by atoms with Gasteiger partial charge in [0.05, 0.1) is 0 Å². The van der Waals surface area contributed by atoms with E-state index >= 15 is 0 Å². The molecule has 2 heteroatoms. The van der Waals surface area contributed by atoms with Crippen LogP contribution in [0.1, 0.15) is 12.5 Å². The van der Waals surface area contributed by atoms with Crippen LogP contribution in [0.3, 0.4) is 0 Å². The third-order valence-corrected chi connectivity index (χ3v) is 2.70. The molecule has 0 aliphatic carbocycles. The largest absolute Gasteiger partial charge is 0.478 e. The number of rotatable bonds is 3. The highest BCUT2D eigenvalue weighted by Crippen LogP contribution is 2.20. The van der Waals surface area contributed by atoms with Gasteiger partial charge >= 0.3 is 5.97 Å². The number of benzene rings is 2.